The molecule has 0 bridgehead atoms. The Balaban J connectivity index is 1.96. The summed E-state index contributed by atoms with van der Waals surface area (Å²) in [7, 11) is 3.85. The first-order chi connectivity index (χ1) is 10.1. The minimum absolute atomic E-state index is 0.0801. The van der Waals surface area contributed by atoms with Crippen molar-refractivity contribution in [3.63, 3.8) is 0 Å². The number of halogens is 1. The van der Waals surface area contributed by atoms with Crippen LogP contribution in [0, 0.1) is 5.92 Å². The van der Waals surface area contributed by atoms with Gasteiger partial charge < -0.3 is 20.1 Å². The first kappa shape index (κ1) is 16.7. The highest BCUT2D eigenvalue weighted by Gasteiger charge is 2.28. The number of aliphatic hydroxyl groups is 1. The Bertz CT molecular complexity index is 450. The van der Waals surface area contributed by atoms with Gasteiger partial charge in [0.25, 0.3) is 0 Å². The molecule has 1 aliphatic rings. The lowest BCUT2D eigenvalue weighted by Gasteiger charge is -2.35. The zero-order valence-electron chi connectivity index (χ0n) is 12.8. The fraction of sp³-hybridized carbons (Fsp3) is 0.625. The molecule has 1 saturated carbocycles. The van der Waals surface area contributed by atoms with Gasteiger partial charge in [-0.05, 0) is 42.5 Å². The van der Waals surface area contributed by atoms with Gasteiger partial charge in [0.05, 0.1) is 12.7 Å². The van der Waals surface area contributed by atoms with E-state index in [9.17, 15) is 5.11 Å². The third kappa shape index (κ3) is 4.95. The lowest BCUT2D eigenvalue weighted by atomic mass is 9.82. The summed E-state index contributed by atoms with van der Waals surface area (Å²) < 4.78 is 6.16. The van der Waals surface area contributed by atoms with Gasteiger partial charge in [-0.1, -0.05) is 15.9 Å². The molecule has 1 aromatic rings. The Hall–Kier alpha value is -0.620. The van der Waals surface area contributed by atoms with Crippen LogP contribution < -0.4 is 10.2 Å². The number of benzene rings is 1. The molecule has 0 atom stereocenters. The Morgan fingerprint density at radius 2 is 2.19 bits per heavy atom. The smallest absolute Gasteiger partial charge is 0.0587 e. The minimum atomic E-state index is -0.0801. The third-order valence-corrected chi connectivity index (χ3v) is 4.49. The van der Waals surface area contributed by atoms with Crippen molar-refractivity contribution in [2.45, 2.75) is 25.5 Å². The number of hydrogen-bond donors (Lipinski definition) is 2. The number of ether oxygens (including phenoxy) is 1. The van der Waals surface area contributed by atoms with Gasteiger partial charge in [-0.3, -0.25) is 0 Å². The molecule has 0 unspecified atom stereocenters. The summed E-state index contributed by atoms with van der Waals surface area (Å²) >= 11 is 3.55. The van der Waals surface area contributed by atoms with Crippen LogP contribution >= 0.6 is 15.9 Å². The Kier molecular flexibility index (Phi) is 6.48. The Morgan fingerprint density at radius 3 is 2.86 bits per heavy atom. The first-order valence-electron chi connectivity index (χ1n) is 7.47. The molecule has 2 rings (SSSR count). The van der Waals surface area contributed by atoms with Crippen molar-refractivity contribution in [1.82, 2.24) is 5.32 Å². The number of anilines is 1. The van der Waals surface area contributed by atoms with Crippen molar-refractivity contribution in [3.05, 3.63) is 28.2 Å². The average molecular weight is 357 g/mol. The van der Waals surface area contributed by atoms with Gasteiger partial charge in [0.1, 0.15) is 0 Å². The molecule has 0 radical (unpaired) electrons. The monoisotopic (exact) mass is 356 g/mol. The molecule has 0 spiro atoms. The summed E-state index contributed by atoms with van der Waals surface area (Å²) in [6.45, 7) is 3.40. The molecule has 4 nitrogen and oxygen atoms in total. The molecule has 1 aliphatic carbocycles. The highest BCUT2D eigenvalue weighted by Crippen LogP contribution is 2.31. The van der Waals surface area contributed by atoms with Gasteiger partial charge in [-0.15, -0.1) is 0 Å². The zero-order valence-corrected chi connectivity index (χ0v) is 14.4. The van der Waals surface area contributed by atoms with Crippen molar-refractivity contribution in [3.8, 4) is 0 Å². The van der Waals surface area contributed by atoms with Gasteiger partial charge in [-0.2, -0.15) is 0 Å². The maximum Gasteiger partial charge on any atom is 0.0587 e. The topological polar surface area (TPSA) is 44.7 Å². The number of nitrogens with zero attached hydrogens (tertiary/aromatic N) is 1. The molecule has 0 aromatic heterocycles. The fourth-order valence-corrected chi connectivity index (χ4v) is 3.21. The summed E-state index contributed by atoms with van der Waals surface area (Å²) in [5, 5.41) is 12.8. The largest absolute Gasteiger partial charge is 0.393 e. The Morgan fingerprint density at radius 1 is 1.43 bits per heavy atom. The number of aliphatic hydroxyl groups excluding tert-OH is 1. The second kappa shape index (κ2) is 8.13. The SMILES string of the molecule is COCCNCc1cc(Br)ccc1N(C)CC1CC(O)C1. The third-order valence-electron chi connectivity index (χ3n) is 3.99. The van der Waals surface area contributed by atoms with Crippen molar-refractivity contribution in [1.29, 1.82) is 0 Å². The fourth-order valence-electron chi connectivity index (χ4n) is 2.80. The predicted octanol–water partition coefficient (Wildman–Crippen LogP) is 2.39. The second-order valence-electron chi connectivity index (χ2n) is 5.81. The van der Waals surface area contributed by atoms with E-state index in [0.29, 0.717) is 5.92 Å². The first-order valence-corrected chi connectivity index (χ1v) is 8.26. The van der Waals surface area contributed by atoms with Crippen LogP contribution in [0.5, 0.6) is 0 Å². The molecule has 5 heteroatoms. The predicted molar refractivity (Wildman–Crippen MR) is 89.7 cm³/mol. The van der Waals surface area contributed by atoms with Crippen LogP contribution in [0.1, 0.15) is 18.4 Å². The van der Waals surface area contributed by atoms with Gasteiger partial charge >= 0.3 is 0 Å². The average Bonchev–Trinajstić information content (AvgIpc) is 2.42. The normalized spacial score (nSPS) is 21.1. The summed E-state index contributed by atoms with van der Waals surface area (Å²) in [6.07, 6.45) is 1.79. The van der Waals surface area contributed by atoms with E-state index >= 15 is 0 Å². The van der Waals surface area contributed by atoms with Crippen molar-refractivity contribution >= 4 is 21.6 Å². The number of hydrogen-bond acceptors (Lipinski definition) is 4. The Labute approximate surface area is 135 Å². The molecule has 0 saturated heterocycles. The van der Waals surface area contributed by atoms with E-state index < -0.39 is 0 Å². The molecule has 0 heterocycles. The van der Waals surface area contributed by atoms with E-state index in [1.807, 2.05) is 0 Å². The van der Waals surface area contributed by atoms with E-state index in [1.165, 1.54) is 11.3 Å². The molecule has 0 amide bonds. The van der Waals surface area contributed by atoms with Crippen LogP contribution in [0.15, 0.2) is 22.7 Å². The summed E-state index contributed by atoms with van der Waals surface area (Å²) in [4.78, 5) is 2.30. The van der Waals surface area contributed by atoms with Gasteiger partial charge in [-0.25, -0.2) is 0 Å². The van der Waals surface area contributed by atoms with Crippen molar-refractivity contribution < 1.29 is 9.84 Å². The molecule has 1 aromatic carbocycles. The van der Waals surface area contributed by atoms with E-state index in [2.05, 4.69) is 51.4 Å². The highest BCUT2D eigenvalue weighted by atomic mass is 79.9. The van der Waals surface area contributed by atoms with Crippen LogP contribution in [0.3, 0.4) is 0 Å². The molecular weight excluding hydrogens is 332 g/mol. The van der Waals surface area contributed by atoms with Crippen LogP contribution in [0.2, 0.25) is 0 Å². The molecule has 1 fully saturated rings. The van der Waals surface area contributed by atoms with Crippen LogP contribution in [0.4, 0.5) is 5.69 Å². The zero-order chi connectivity index (χ0) is 15.2. The molecule has 2 N–H and O–H groups in total. The van der Waals surface area contributed by atoms with Crippen LogP contribution in [-0.2, 0) is 11.3 Å². The van der Waals surface area contributed by atoms with E-state index in [-0.39, 0.29) is 6.10 Å². The van der Waals surface area contributed by atoms with Crippen molar-refractivity contribution in [2.75, 3.05) is 38.8 Å². The lowest BCUT2D eigenvalue weighted by Crippen LogP contribution is -2.37. The molecule has 0 aliphatic heterocycles. The quantitative estimate of drug-likeness (QED) is 0.702. The van der Waals surface area contributed by atoms with E-state index in [1.54, 1.807) is 7.11 Å². The van der Waals surface area contributed by atoms with Crippen LogP contribution in [0.25, 0.3) is 0 Å². The number of methoxy groups -OCH3 is 1. The number of rotatable bonds is 8. The minimum Gasteiger partial charge on any atom is -0.393 e. The highest BCUT2D eigenvalue weighted by molar-refractivity contribution is 9.10. The maximum absolute atomic E-state index is 9.41. The molecule has 118 valence electrons. The van der Waals surface area contributed by atoms with Gasteiger partial charge in [0.2, 0.25) is 0 Å². The van der Waals surface area contributed by atoms with E-state index in [4.69, 9.17) is 4.74 Å². The maximum atomic E-state index is 9.41. The summed E-state index contributed by atoms with van der Waals surface area (Å²) in [5.74, 6) is 0.614. The summed E-state index contributed by atoms with van der Waals surface area (Å²) in [5.41, 5.74) is 2.53. The molecular formula is C16H25BrN2O2. The van der Waals surface area contributed by atoms with Gasteiger partial charge in [0.15, 0.2) is 0 Å². The van der Waals surface area contributed by atoms with Crippen molar-refractivity contribution in [2.24, 2.45) is 5.92 Å². The van der Waals surface area contributed by atoms with Gasteiger partial charge in [0, 0.05) is 44.0 Å². The lowest BCUT2D eigenvalue weighted by molar-refractivity contribution is 0.0464. The summed E-state index contributed by atoms with van der Waals surface area (Å²) in [6, 6.07) is 6.41. The second-order valence-corrected chi connectivity index (χ2v) is 6.73. The molecule has 21 heavy (non-hydrogen) atoms. The van der Waals surface area contributed by atoms with E-state index in [0.717, 1.165) is 43.6 Å². The number of nitrogens with one attached hydrogen (secondary N) is 1. The standard InChI is InChI=1S/C16H25BrN2O2/c1-19(11-12-7-15(20)8-12)16-4-3-14(17)9-13(16)10-18-5-6-21-2/h3-4,9,12,15,18,20H,5-8,10-11H2,1-2H3. The van der Waals surface area contributed by atoms with Crippen LogP contribution in [-0.4, -0.2) is 45.1 Å².